The molecular weight excluding hydrogens is 437 g/mol. The maximum absolute atomic E-state index is 13.4. The van der Waals surface area contributed by atoms with Gasteiger partial charge in [-0.2, -0.15) is 0 Å². The second kappa shape index (κ2) is 8.60. The molecule has 1 atom stereocenters. The number of halogens is 1. The quantitative estimate of drug-likeness (QED) is 0.308. The third-order valence-corrected chi connectivity index (χ3v) is 7.65. The summed E-state index contributed by atoms with van der Waals surface area (Å²) in [7, 11) is 0. The van der Waals surface area contributed by atoms with Crippen LogP contribution in [0.2, 0.25) is 0 Å². The van der Waals surface area contributed by atoms with Gasteiger partial charge in [0.05, 0.1) is 5.57 Å². The summed E-state index contributed by atoms with van der Waals surface area (Å²) >= 11 is 1.46. The first-order chi connectivity index (χ1) is 15.9. The number of carbonyl (C=O) groups is 2. The van der Waals surface area contributed by atoms with Gasteiger partial charge in [0.1, 0.15) is 17.6 Å². The van der Waals surface area contributed by atoms with E-state index in [0.29, 0.717) is 11.1 Å². The number of aliphatic hydroxyl groups is 1. The van der Waals surface area contributed by atoms with E-state index in [1.54, 1.807) is 12.1 Å². The van der Waals surface area contributed by atoms with Crippen LogP contribution in [0.1, 0.15) is 51.6 Å². The lowest BCUT2D eigenvalue weighted by Crippen LogP contribution is -2.29. The predicted molar refractivity (Wildman–Crippen MR) is 126 cm³/mol. The number of likely N-dealkylation sites (tertiary alicyclic amines) is 1. The maximum Gasteiger partial charge on any atom is 0.295 e. The molecule has 168 valence electrons. The van der Waals surface area contributed by atoms with Gasteiger partial charge in [0.15, 0.2) is 0 Å². The SMILES string of the molecule is Cc1ccsc1C1/C(=C(/O)c2ccc3c(c2)CCCC3)C(=O)C(=O)N1Cc1ccc(F)cc1. The van der Waals surface area contributed by atoms with Crippen LogP contribution < -0.4 is 0 Å². The highest BCUT2D eigenvalue weighted by atomic mass is 32.1. The van der Waals surface area contributed by atoms with E-state index in [9.17, 15) is 19.1 Å². The highest BCUT2D eigenvalue weighted by molar-refractivity contribution is 7.10. The number of aliphatic hydroxyl groups excluding tert-OH is 1. The Bertz CT molecular complexity index is 1270. The Morgan fingerprint density at radius 1 is 1.06 bits per heavy atom. The van der Waals surface area contributed by atoms with Crippen molar-refractivity contribution in [2.24, 2.45) is 0 Å². The van der Waals surface area contributed by atoms with E-state index in [0.717, 1.165) is 36.1 Å². The van der Waals surface area contributed by atoms with E-state index in [-0.39, 0.29) is 23.7 Å². The lowest BCUT2D eigenvalue weighted by atomic mass is 9.89. The Morgan fingerprint density at radius 3 is 2.48 bits per heavy atom. The van der Waals surface area contributed by atoms with Crippen molar-refractivity contribution in [3.8, 4) is 0 Å². The molecule has 1 aliphatic carbocycles. The number of aryl methyl sites for hydroxylation is 3. The van der Waals surface area contributed by atoms with Gasteiger partial charge >= 0.3 is 0 Å². The van der Waals surface area contributed by atoms with Crippen molar-refractivity contribution in [3.05, 3.63) is 98.0 Å². The highest BCUT2D eigenvalue weighted by Crippen LogP contribution is 2.43. The van der Waals surface area contributed by atoms with Gasteiger partial charge in [-0.25, -0.2) is 4.39 Å². The fourth-order valence-corrected chi connectivity index (χ4v) is 5.85. The van der Waals surface area contributed by atoms with Gasteiger partial charge in [-0.1, -0.05) is 24.3 Å². The highest BCUT2D eigenvalue weighted by Gasteiger charge is 2.47. The van der Waals surface area contributed by atoms with Crippen LogP contribution in [0.4, 0.5) is 4.39 Å². The average molecular weight is 462 g/mol. The third-order valence-electron chi connectivity index (χ3n) is 6.58. The number of hydrogen-bond acceptors (Lipinski definition) is 4. The number of thiophene rings is 1. The number of rotatable bonds is 4. The van der Waals surface area contributed by atoms with E-state index in [1.807, 2.05) is 36.6 Å². The van der Waals surface area contributed by atoms with Crippen LogP contribution in [0.25, 0.3) is 5.76 Å². The number of ketones is 1. The van der Waals surface area contributed by atoms with Gasteiger partial charge < -0.3 is 10.0 Å². The molecule has 2 heterocycles. The van der Waals surface area contributed by atoms with Crippen molar-refractivity contribution in [1.82, 2.24) is 4.90 Å². The minimum absolute atomic E-state index is 0.114. The summed E-state index contributed by atoms with van der Waals surface area (Å²) in [5.41, 5.74) is 4.81. The molecule has 1 aromatic heterocycles. The average Bonchev–Trinajstić information content (AvgIpc) is 3.35. The number of hydrogen-bond donors (Lipinski definition) is 1. The van der Waals surface area contributed by atoms with Gasteiger partial charge in [0.25, 0.3) is 11.7 Å². The van der Waals surface area contributed by atoms with Gasteiger partial charge in [-0.15, -0.1) is 11.3 Å². The second-order valence-electron chi connectivity index (χ2n) is 8.71. The fraction of sp³-hybridized carbons (Fsp3) is 0.259. The number of fused-ring (bicyclic) bond motifs is 1. The number of Topliss-reactive ketones (excluding diaryl/α,β-unsaturated/α-hetero) is 1. The van der Waals surface area contributed by atoms with Crippen LogP contribution in [0, 0.1) is 12.7 Å². The summed E-state index contributed by atoms with van der Waals surface area (Å²) in [6.07, 6.45) is 4.23. The molecule has 4 nitrogen and oxygen atoms in total. The molecule has 1 fully saturated rings. The molecule has 1 N–H and O–H groups in total. The standard InChI is InChI=1S/C27H24FNO3S/c1-16-12-13-33-26(16)23-22(24(30)20-9-8-18-4-2-3-5-19(18)14-20)25(31)27(32)29(23)15-17-6-10-21(28)11-7-17/h6-14,23,30H,2-5,15H2,1H3/b24-22-. The molecule has 2 aromatic carbocycles. The topological polar surface area (TPSA) is 57.6 Å². The molecule has 0 radical (unpaired) electrons. The molecule has 0 spiro atoms. The Morgan fingerprint density at radius 2 is 1.79 bits per heavy atom. The first kappa shape index (κ1) is 21.6. The van der Waals surface area contributed by atoms with Crippen molar-refractivity contribution in [2.75, 3.05) is 0 Å². The Balaban J connectivity index is 1.62. The van der Waals surface area contributed by atoms with Crippen LogP contribution in [0.3, 0.4) is 0 Å². The lowest BCUT2D eigenvalue weighted by molar-refractivity contribution is -0.140. The van der Waals surface area contributed by atoms with E-state index in [1.165, 1.54) is 39.5 Å². The molecule has 1 unspecified atom stereocenters. The zero-order chi connectivity index (χ0) is 23.1. The predicted octanol–water partition coefficient (Wildman–Crippen LogP) is 5.70. The third kappa shape index (κ3) is 3.89. The molecule has 6 heteroatoms. The van der Waals surface area contributed by atoms with E-state index in [4.69, 9.17) is 0 Å². The summed E-state index contributed by atoms with van der Waals surface area (Å²) in [6.45, 7) is 2.08. The largest absolute Gasteiger partial charge is 0.507 e. The van der Waals surface area contributed by atoms with E-state index < -0.39 is 17.7 Å². The van der Waals surface area contributed by atoms with Gasteiger partial charge in [0, 0.05) is 17.0 Å². The number of benzene rings is 2. The first-order valence-electron chi connectivity index (χ1n) is 11.1. The molecule has 0 bridgehead atoms. The molecule has 5 rings (SSSR count). The summed E-state index contributed by atoms with van der Waals surface area (Å²) in [5, 5.41) is 13.2. The zero-order valence-corrected chi connectivity index (χ0v) is 19.1. The number of amides is 1. The van der Waals surface area contributed by atoms with Gasteiger partial charge in [-0.3, -0.25) is 9.59 Å². The van der Waals surface area contributed by atoms with Crippen molar-refractivity contribution in [3.63, 3.8) is 0 Å². The molecule has 3 aromatic rings. The lowest BCUT2D eigenvalue weighted by Gasteiger charge is -2.25. The van der Waals surface area contributed by atoms with Crippen molar-refractivity contribution < 1.29 is 19.1 Å². The fourth-order valence-electron chi connectivity index (χ4n) is 4.80. The number of nitrogens with zero attached hydrogens (tertiary/aromatic N) is 1. The molecular formula is C27H24FNO3S. The summed E-state index contributed by atoms with van der Waals surface area (Å²) in [6, 6.07) is 13.0. The van der Waals surface area contributed by atoms with Crippen LogP contribution in [0.15, 0.2) is 59.5 Å². The van der Waals surface area contributed by atoms with Crippen LogP contribution in [-0.4, -0.2) is 21.7 Å². The Hall–Kier alpha value is -3.25. The molecule has 1 aliphatic heterocycles. The monoisotopic (exact) mass is 461 g/mol. The smallest absolute Gasteiger partial charge is 0.295 e. The van der Waals surface area contributed by atoms with Gasteiger partial charge in [-0.05, 0) is 84.5 Å². The summed E-state index contributed by atoms with van der Waals surface area (Å²) in [4.78, 5) is 28.7. The minimum Gasteiger partial charge on any atom is -0.507 e. The zero-order valence-electron chi connectivity index (χ0n) is 18.3. The minimum atomic E-state index is -0.690. The van der Waals surface area contributed by atoms with Crippen molar-refractivity contribution in [2.45, 2.75) is 45.2 Å². The molecule has 1 amide bonds. The van der Waals surface area contributed by atoms with E-state index >= 15 is 0 Å². The maximum atomic E-state index is 13.4. The van der Waals surface area contributed by atoms with Crippen molar-refractivity contribution >= 4 is 28.8 Å². The molecule has 0 saturated carbocycles. The molecule has 2 aliphatic rings. The Kier molecular flexibility index (Phi) is 5.62. The van der Waals surface area contributed by atoms with Crippen LogP contribution in [0.5, 0.6) is 0 Å². The molecule has 33 heavy (non-hydrogen) atoms. The van der Waals surface area contributed by atoms with Gasteiger partial charge in [0.2, 0.25) is 0 Å². The summed E-state index contributed by atoms with van der Waals surface area (Å²) < 4.78 is 13.4. The normalized spacial score (nSPS) is 19.7. The first-order valence-corrected chi connectivity index (χ1v) is 12.0. The van der Waals surface area contributed by atoms with Crippen molar-refractivity contribution in [1.29, 1.82) is 0 Å². The van der Waals surface area contributed by atoms with Crippen LogP contribution in [-0.2, 0) is 29.0 Å². The van der Waals surface area contributed by atoms with Crippen LogP contribution >= 0.6 is 11.3 Å². The van der Waals surface area contributed by atoms with E-state index in [2.05, 4.69) is 0 Å². The Labute approximate surface area is 196 Å². The second-order valence-corrected chi connectivity index (χ2v) is 9.66. The summed E-state index contributed by atoms with van der Waals surface area (Å²) in [5.74, 6) is -1.85. The molecule has 1 saturated heterocycles. The number of carbonyl (C=O) groups excluding carboxylic acids is 2.